The van der Waals surface area contributed by atoms with E-state index in [1.54, 1.807) is 56.4 Å². The van der Waals surface area contributed by atoms with Crippen LogP contribution in [0.3, 0.4) is 0 Å². The third-order valence-corrected chi connectivity index (χ3v) is 4.33. The van der Waals surface area contributed by atoms with Gasteiger partial charge in [-0.05, 0) is 44.0 Å². The highest BCUT2D eigenvalue weighted by Gasteiger charge is 2.37. The Bertz CT molecular complexity index is 763. The summed E-state index contributed by atoms with van der Waals surface area (Å²) in [4.78, 5) is 30.7. The van der Waals surface area contributed by atoms with E-state index in [1.807, 2.05) is 12.1 Å². The zero-order chi connectivity index (χ0) is 19.2. The lowest BCUT2D eigenvalue weighted by Gasteiger charge is -2.28. The number of rotatable bonds is 7. The van der Waals surface area contributed by atoms with Gasteiger partial charge in [-0.1, -0.05) is 18.2 Å². The van der Waals surface area contributed by atoms with E-state index in [1.165, 1.54) is 6.07 Å². The lowest BCUT2D eigenvalue weighted by molar-refractivity contribution is -0.147. The van der Waals surface area contributed by atoms with Gasteiger partial charge in [0.25, 0.3) is 0 Å². The van der Waals surface area contributed by atoms with E-state index in [9.17, 15) is 14.0 Å². The maximum atomic E-state index is 13.7. The second kappa shape index (κ2) is 8.56. The molecule has 0 atom stereocenters. The molecule has 0 saturated heterocycles. The van der Waals surface area contributed by atoms with Crippen LogP contribution in [-0.2, 0) is 22.6 Å². The second-order valence-electron chi connectivity index (χ2n) is 6.73. The van der Waals surface area contributed by atoms with Gasteiger partial charge in [-0.25, -0.2) is 4.39 Å². The van der Waals surface area contributed by atoms with Gasteiger partial charge in [-0.15, -0.1) is 0 Å². The van der Waals surface area contributed by atoms with Gasteiger partial charge >= 0.3 is 0 Å². The highest BCUT2D eigenvalue weighted by atomic mass is 19.1. The number of likely N-dealkylation sites (N-methyl/N-ethyl adjacent to an activating group) is 1. The third-order valence-electron chi connectivity index (χ3n) is 4.33. The van der Waals surface area contributed by atoms with E-state index in [-0.39, 0.29) is 18.3 Å². The molecule has 1 N–H and O–H groups in total. The van der Waals surface area contributed by atoms with Crippen molar-refractivity contribution in [2.24, 2.45) is 5.41 Å². The predicted molar refractivity (Wildman–Crippen MR) is 97.6 cm³/mol. The van der Waals surface area contributed by atoms with Gasteiger partial charge in [-0.3, -0.25) is 14.6 Å². The van der Waals surface area contributed by atoms with Gasteiger partial charge in [0, 0.05) is 38.1 Å². The summed E-state index contributed by atoms with van der Waals surface area (Å²) >= 11 is 0. The Balaban J connectivity index is 1.92. The van der Waals surface area contributed by atoms with Crippen LogP contribution >= 0.6 is 0 Å². The van der Waals surface area contributed by atoms with Crippen molar-refractivity contribution in [3.8, 4) is 0 Å². The van der Waals surface area contributed by atoms with Crippen molar-refractivity contribution in [3.05, 3.63) is 65.7 Å². The van der Waals surface area contributed by atoms with Crippen LogP contribution < -0.4 is 5.32 Å². The first-order valence-electron chi connectivity index (χ1n) is 8.48. The molecule has 2 rings (SSSR count). The van der Waals surface area contributed by atoms with Crippen LogP contribution in [0.2, 0.25) is 0 Å². The molecular formula is C20H24FN3O2. The molecule has 0 aliphatic rings. The molecule has 2 aromatic rings. The number of aromatic nitrogens is 1. The number of halogens is 1. The number of nitrogens with one attached hydrogen (secondary N) is 1. The van der Waals surface area contributed by atoms with Gasteiger partial charge in [0.1, 0.15) is 11.2 Å². The number of carbonyl (C=O) groups excluding carboxylic acids is 2. The fourth-order valence-electron chi connectivity index (χ4n) is 2.56. The number of amides is 2. The van der Waals surface area contributed by atoms with Gasteiger partial charge in [0.15, 0.2) is 0 Å². The first-order chi connectivity index (χ1) is 12.3. The molecule has 1 heterocycles. The van der Waals surface area contributed by atoms with E-state index < -0.39 is 11.3 Å². The topological polar surface area (TPSA) is 62.3 Å². The summed E-state index contributed by atoms with van der Waals surface area (Å²) in [6, 6.07) is 10.0. The number of hydrogen-bond donors (Lipinski definition) is 1. The number of pyridine rings is 1. The smallest absolute Gasteiger partial charge is 0.237 e. The van der Waals surface area contributed by atoms with Gasteiger partial charge < -0.3 is 10.2 Å². The highest BCUT2D eigenvalue weighted by molar-refractivity contribution is 6.04. The number of hydrogen-bond acceptors (Lipinski definition) is 3. The minimum atomic E-state index is -1.24. The molecule has 0 bridgehead atoms. The second-order valence-corrected chi connectivity index (χ2v) is 6.73. The molecule has 138 valence electrons. The predicted octanol–water partition coefficient (Wildman–Crippen LogP) is 2.56. The Morgan fingerprint density at radius 2 is 1.81 bits per heavy atom. The number of carbonyl (C=O) groups is 2. The average molecular weight is 357 g/mol. The van der Waals surface area contributed by atoms with E-state index in [0.29, 0.717) is 18.5 Å². The Labute approximate surface area is 153 Å². The molecule has 0 aliphatic carbocycles. The van der Waals surface area contributed by atoms with Crippen molar-refractivity contribution in [2.75, 3.05) is 13.6 Å². The Morgan fingerprint density at radius 1 is 1.15 bits per heavy atom. The fourth-order valence-corrected chi connectivity index (χ4v) is 2.56. The SMILES string of the molecule is CN(CCc1ccncc1)C(=O)C(C)(C)C(=O)NCc1ccccc1F. The largest absolute Gasteiger partial charge is 0.351 e. The standard InChI is InChI=1S/C20H24FN3O2/c1-20(2,18(25)23-14-16-6-4-5-7-17(16)21)19(26)24(3)13-10-15-8-11-22-12-9-15/h4-9,11-12H,10,13-14H2,1-3H3,(H,23,25). The van der Waals surface area contributed by atoms with Crippen LogP contribution in [-0.4, -0.2) is 35.3 Å². The summed E-state index contributed by atoms with van der Waals surface area (Å²) in [6.45, 7) is 3.69. The molecule has 0 fully saturated rings. The minimum absolute atomic E-state index is 0.0446. The maximum Gasteiger partial charge on any atom is 0.237 e. The van der Waals surface area contributed by atoms with Crippen molar-refractivity contribution >= 4 is 11.8 Å². The Kier molecular flexibility index (Phi) is 6.44. The van der Waals surface area contributed by atoms with Crippen molar-refractivity contribution in [2.45, 2.75) is 26.8 Å². The molecule has 2 amide bonds. The van der Waals surface area contributed by atoms with E-state index in [2.05, 4.69) is 10.3 Å². The van der Waals surface area contributed by atoms with Crippen molar-refractivity contribution in [3.63, 3.8) is 0 Å². The summed E-state index contributed by atoms with van der Waals surface area (Å²) in [6.07, 6.45) is 4.09. The third kappa shape index (κ3) is 4.88. The zero-order valence-corrected chi connectivity index (χ0v) is 15.3. The van der Waals surface area contributed by atoms with Crippen LogP contribution in [0.5, 0.6) is 0 Å². The quantitative estimate of drug-likeness (QED) is 0.775. The number of nitrogens with zero attached hydrogens (tertiary/aromatic N) is 2. The highest BCUT2D eigenvalue weighted by Crippen LogP contribution is 2.19. The summed E-state index contributed by atoms with van der Waals surface area (Å²) in [5.74, 6) is -1.09. The molecule has 1 aromatic carbocycles. The molecule has 0 spiro atoms. The number of benzene rings is 1. The van der Waals surface area contributed by atoms with E-state index in [0.717, 1.165) is 5.56 Å². The van der Waals surface area contributed by atoms with Crippen molar-refractivity contribution < 1.29 is 14.0 Å². The minimum Gasteiger partial charge on any atom is -0.351 e. The molecule has 0 saturated carbocycles. The lowest BCUT2D eigenvalue weighted by Crippen LogP contribution is -2.48. The molecule has 6 heteroatoms. The van der Waals surface area contributed by atoms with E-state index >= 15 is 0 Å². The fraction of sp³-hybridized carbons (Fsp3) is 0.350. The van der Waals surface area contributed by atoms with Gasteiger partial charge in [0.2, 0.25) is 11.8 Å². The van der Waals surface area contributed by atoms with E-state index in [4.69, 9.17) is 0 Å². The average Bonchev–Trinajstić information content (AvgIpc) is 2.65. The molecular weight excluding hydrogens is 333 g/mol. The van der Waals surface area contributed by atoms with Gasteiger partial charge in [0.05, 0.1) is 0 Å². The maximum absolute atomic E-state index is 13.7. The molecule has 0 unspecified atom stereocenters. The van der Waals surface area contributed by atoms with Crippen LogP contribution in [0.1, 0.15) is 25.0 Å². The Hall–Kier alpha value is -2.76. The summed E-state index contributed by atoms with van der Waals surface area (Å²) in [7, 11) is 1.68. The molecule has 26 heavy (non-hydrogen) atoms. The van der Waals surface area contributed by atoms with Crippen LogP contribution in [0.25, 0.3) is 0 Å². The first kappa shape index (κ1) is 19.6. The molecule has 0 radical (unpaired) electrons. The summed E-state index contributed by atoms with van der Waals surface area (Å²) < 4.78 is 13.7. The van der Waals surface area contributed by atoms with Crippen molar-refractivity contribution in [1.82, 2.24) is 15.2 Å². The Morgan fingerprint density at radius 3 is 2.46 bits per heavy atom. The molecule has 1 aromatic heterocycles. The van der Waals surface area contributed by atoms with Crippen molar-refractivity contribution in [1.29, 1.82) is 0 Å². The monoisotopic (exact) mass is 357 g/mol. The van der Waals surface area contributed by atoms with Crippen LogP contribution in [0.15, 0.2) is 48.8 Å². The van der Waals surface area contributed by atoms with Crippen LogP contribution in [0.4, 0.5) is 4.39 Å². The summed E-state index contributed by atoms with van der Waals surface area (Å²) in [5, 5.41) is 2.65. The van der Waals surface area contributed by atoms with Crippen LogP contribution in [0, 0.1) is 11.2 Å². The van der Waals surface area contributed by atoms with Gasteiger partial charge in [-0.2, -0.15) is 0 Å². The molecule has 5 nitrogen and oxygen atoms in total. The summed E-state index contributed by atoms with van der Waals surface area (Å²) in [5.41, 5.74) is 0.217. The first-order valence-corrected chi connectivity index (χ1v) is 8.48. The zero-order valence-electron chi connectivity index (χ0n) is 15.3. The molecule has 0 aliphatic heterocycles. The lowest BCUT2D eigenvalue weighted by atomic mass is 9.90. The normalized spacial score (nSPS) is 11.1.